The van der Waals surface area contributed by atoms with Crippen LogP contribution in [0.15, 0.2) is 24.3 Å². The SMILES string of the molecule is COC(=O)C1CCN1CC(c1cccc(OC)c1)N(C)C. The maximum Gasteiger partial charge on any atom is 0.323 e. The summed E-state index contributed by atoms with van der Waals surface area (Å²) in [4.78, 5) is 16.0. The van der Waals surface area contributed by atoms with Gasteiger partial charge in [-0.25, -0.2) is 0 Å². The molecule has 1 aromatic carbocycles. The van der Waals surface area contributed by atoms with Crippen molar-refractivity contribution in [1.82, 2.24) is 9.80 Å². The maximum atomic E-state index is 11.7. The molecule has 2 rings (SSSR count). The Kier molecular flexibility index (Phi) is 5.20. The van der Waals surface area contributed by atoms with Crippen LogP contribution < -0.4 is 4.74 Å². The molecule has 1 aromatic rings. The van der Waals surface area contributed by atoms with Crippen LogP contribution >= 0.6 is 0 Å². The molecule has 0 aromatic heterocycles. The summed E-state index contributed by atoms with van der Waals surface area (Å²) in [5.41, 5.74) is 1.19. The van der Waals surface area contributed by atoms with E-state index in [1.807, 2.05) is 12.1 Å². The van der Waals surface area contributed by atoms with E-state index in [0.717, 1.165) is 25.3 Å². The first kappa shape index (κ1) is 15.8. The summed E-state index contributed by atoms with van der Waals surface area (Å²) in [6, 6.07) is 8.21. The third-order valence-electron chi connectivity index (χ3n) is 4.11. The van der Waals surface area contributed by atoms with Crippen molar-refractivity contribution >= 4 is 5.97 Å². The maximum absolute atomic E-state index is 11.7. The van der Waals surface area contributed by atoms with Gasteiger partial charge in [-0.1, -0.05) is 12.1 Å². The molecule has 2 unspecified atom stereocenters. The summed E-state index contributed by atoms with van der Waals surface area (Å²) in [6.07, 6.45) is 0.880. The van der Waals surface area contributed by atoms with Crippen molar-refractivity contribution in [2.75, 3.05) is 41.4 Å². The fraction of sp³-hybridized carbons (Fsp3) is 0.562. The molecule has 5 nitrogen and oxygen atoms in total. The summed E-state index contributed by atoms with van der Waals surface area (Å²) in [6.45, 7) is 1.74. The number of esters is 1. The van der Waals surface area contributed by atoms with Gasteiger partial charge in [0, 0.05) is 19.1 Å². The van der Waals surface area contributed by atoms with E-state index >= 15 is 0 Å². The lowest BCUT2D eigenvalue weighted by molar-refractivity contribution is -0.152. The van der Waals surface area contributed by atoms with Crippen LogP contribution in [0.4, 0.5) is 0 Å². The fourth-order valence-electron chi connectivity index (χ4n) is 2.70. The molecule has 1 aliphatic heterocycles. The Bertz CT molecular complexity index is 490. The third kappa shape index (κ3) is 3.54. The number of likely N-dealkylation sites (tertiary alicyclic amines) is 1. The van der Waals surface area contributed by atoms with E-state index in [1.165, 1.54) is 12.7 Å². The first-order valence-corrected chi connectivity index (χ1v) is 7.19. The van der Waals surface area contributed by atoms with Crippen molar-refractivity contribution in [2.24, 2.45) is 0 Å². The number of benzene rings is 1. The van der Waals surface area contributed by atoms with E-state index in [1.54, 1.807) is 7.11 Å². The van der Waals surface area contributed by atoms with Gasteiger partial charge in [0.25, 0.3) is 0 Å². The molecule has 1 saturated heterocycles. The molecule has 0 amide bonds. The van der Waals surface area contributed by atoms with Gasteiger partial charge in [-0.05, 0) is 38.2 Å². The highest BCUT2D eigenvalue weighted by Crippen LogP contribution is 2.27. The molecule has 0 bridgehead atoms. The van der Waals surface area contributed by atoms with Gasteiger partial charge in [-0.3, -0.25) is 9.69 Å². The van der Waals surface area contributed by atoms with Gasteiger partial charge in [0.2, 0.25) is 0 Å². The van der Waals surface area contributed by atoms with Crippen LogP contribution in [0.3, 0.4) is 0 Å². The lowest BCUT2D eigenvalue weighted by atomic mass is 9.98. The third-order valence-corrected chi connectivity index (χ3v) is 4.11. The zero-order valence-corrected chi connectivity index (χ0v) is 13.2. The number of ether oxygens (including phenoxy) is 2. The number of carbonyl (C=O) groups is 1. The van der Waals surface area contributed by atoms with Crippen molar-refractivity contribution in [3.05, 3.63) is 29.8 Å². The number of likely N-dealkylation sites (N-methyl/N-ethyl adjacent to an activating group) is 1. The molecule has 5 heteroatoms. The average Bonchev–Trinajstić information content (AvgIpc) is 2.46. The van der Waals surface area contributed by atoms with Crippen LogP contribution in [0.5, 0.6) is 5.75 Å². The van der Waals surface area contributed by atoms with E-state index in [2.05, 4.69) is 36.0 Å². The molecule has 0 saturated carbocycles. The van der Waals surface area contributed by atoms with Gasteiger partial charge < -0.3 is 14.4 Å². The van der Waals surface area contributed by atoms with Gasteiger partial charge in [0.1, 0.15) is 11.8 Å². The quantitative estimate of drug-likeness (QED) is 0.744. The lowest BCUT2D eigenvalue weighted by Gasteiger charge is -2.42. The molecule has 21 heavy (non-hydrogen) atoms. The van der Waals surface area contributed by atoms with Crippen molar-refractivity contribution in [3.8, 4) is 5.75 Å². The molecular weight excluding hydrogens is 268 g/mol. The monoisotopic (exact) mass is 292 g/mol. The largest absolute Gasteiger partial charge is 0.497 e. The average molecular weight is 292 g/mol. The number of nitrogens with zero attached hydrogens (tertiary/aromatic N) is 2. The van der Waals surface area contributed by atoms with E-state index in [-0.39, 0.29) is 18.1 Å². The van der Waals surface area contributed by atoms with Gasteiger partial charge in [-0.2, -0.15) is 0 Å². The highest BCUT2D eigenvalue weighted by atomic mass is 16.5. The fourth-order valence-corrected chi connectivity index (χ4v) is 2.70. The molecule has 1 heterocycles. The summed E-state index contributed by atoms with van der Waals surface area (Å²) in [5, 5.41) is 0. The number of rotatable bonds is 6. The minimum Gasteiger partial charge on any atom is -0.497 e. The first-order chi connectivity index (χ1) is 10.1. The molecule has 116 valence electrons. The zero-order chi connectivity index (χ0) is 15.4. The Morgan fingerprint density at radius 1 is 1.43 bits per heavy atom. The smallest absolute Gasteiger partial charge is 0.323 e. The van der Waals surface area contributed by atoms with E-state index < -0.39 is 0 Å². The summed E-state index contributed by atoms with van der Waals surface area (Å²) in [5.74, 6) is 0.719. The summed E-state index contributed by atoms with van der Waals surface area (Å²) >= 11 is 0. The number of hydrogen-bond donors (Lipinski definition) is 0. The summed E-state index contributed by atoms with van der Waals surface area (Å²) in [7, 11) is 7.23. The molecule has 1 aliphatic rings. The van der Waals surface area contributed by atoms with Gasteiger partial charge in [-0.15, -0.1) is 0 Å². The van der Waals surface area contributed by atoms with E-state index in [4.69, 9.17) is 9.47 Å². The van der Waals surface area contributed by atoms with Crippen LogP contribution in [-0.2, 0) is 9.53 Å². The Balaban J connectivity index is 2.11. The molecule has 0 spiro atoms. The van der Waals surface area contributed by atoms with E-state index in [9.17, 15) is 4.79 Å². The Morgan fingerprint density at radius 3 is 2.71 bits per heavy atom. The predicted octanol–water partition coefficient (Wildman–Crippen LogP) is 1.55. The highest BCUT2D eigenvalue weighted by Gasteiger charge is 2.36. The second kappa shape index (κ2) is 6.91. The summed E-state index contributed by atoms with van der Waals surface area (Å²) < 4.78 is 10.2. The van der Waals surface area contributed by atoms with E-state index in [0.29, 0.717) is 0 Å². The molecule has 0 aliphatic carbocycles. The molecule has 1 fully saturated rings. The van der Waals surface area contributed by atoms with Crippen LogP contribution in [0.1, 0.15) is 18.0 Å². The number of methoxy groups -OCH3 is 2. The van der Waals surface area contributed by atoms with Crippen LogP contribution in [0, 0.1) is 0 Å². The zero-order valence-electron chi connectivity index (χ0n) is 13.2. The molecular formula is C16H24N2O3. The topological polar surface area (TPSA) is 42.0 Å². The first-order valence-electron chi connectivity index (χ1n) is 7.19. The van der Waals surface area contributed by atoms with Crippen LogP contribution in [0.2, 0.25) is 0 Å². The Hall–Kier alpha value is -1.59. The standard InChI is InChI=1S/C16H24N2O3/c1-17(2)15(12-6-5-7-13(10-12)20-3)11-18-9-8-14(18)16(19)21-4/h5-7,10,14-15H,8-9,11H2,1-4H3. The number of hydrogen-bond acceptors (Lipinski definition) is 5. The second-order valence-corrected chi connectivity index (χ2v) is 5.58. The number of carbonyl (C=O) groups excluding carboxylic acids is 1. The van der Waals surface area contributed by atoms with Gasteiger partial charge in [0.15, 0.2) is 0 Å². The molecule has 2 atom stereocenters. The van der Waals surface area contributed by atoms with Gasteiger partial charge >= 0.3 is 5.97 Å². The highest BCUT2D eigenvalue weighted by molar-refractivity contribution is 5.76. The van der Waals surface area contributed by atoms with Crippen molar-refractivity contribution in [3.63, 3.8) is 0 Å². The Labute approximate surface area is 126 Å². The van der Waals surface area contributed by atoms with Gasteiger partial charge in [0.05, 0.1) is 14.2 Å². The predicted molar refractivity (Wildman–Crippen MR) is 81.4 cm³/mol. The normalized spacial score (nSPS) is 20.0. The van der Waals surface area contributed by atoms with Crippen LogP contribution in [0.25, 0.3) is 0 Å². The molecule has 0 radical (unpaired) electrons. The minimum absolute atomic E-state index is 0.0944. The van der Waals surface area contributed by atoms with Crippen molar-refractivity contribution < 1.29 is 14.3 Å². The Morgan fingerprint density at radius 2 is 2.19 bits per heavy atom. The molecule has 0 N–H and O–H groups in total. The van der Waals surface area contributed by atoms with Crippen molar-refractivity contribution in [1.29, 1.82) is 0 Å². The van der Waals surface area contributed by atoms with Crippen molar-refractivity contribution in [2.45, 2.75) is 18.5 Å². The second-order valence-electron chi connectivity index (χ2n) is 5.58. The minimum atomic E-state index is -0.135. The van der Waals surface area contributed by atoms with Crippen LogP contribution in [-0.4, -0.2) is 63.2 Å². The lowest BCUT2D eigenvalue weighted by Crippen LogP contribution is -2.54.